The van der Waals surface area contributed by atoms with Gasteiger partial charge in [0, 0.05) is 36.3 Å². The van der Waals surface area contributed by atoms with Crippen LogP contribution in [-0.2, 0) is 6.54 Å². The summed E-state index contributed by atoms with van der Waals surface area (Å²) in [6.07, 6.45) is 2.19. The number of nitro groups is 1. The van der Waals surface area contributed by atoms with Crippen LogP contribution in [-0.4, -0.2) is 34.9 Å². The van der Waals surface area contributed by atoms with E-state index in [-0.39, 0.29) is 29.7 Å². The highest BCUT2D eigenvalue weighted by Crippen LogP contribution is 2.28. The number of hydrogen-bond donors (Lipinski definition) is 2. The first-order chi connectivity index (χ1) is 10.4. The third-order valence-electron chi connectivity index (χ3n) is 4.41. The molecule has 0 bridgehead atoms. The van der Waals surface area contributed by atoms with Crippen LogP contribution in [0.1, 0.15) is 35.7 Å². The van der Waals surface area contributed by atoms with E-state index >= 15 is 0 Å². The van der Waals surface area contributed by atoms with Gasteiger partial charge in [-0.25, -0.2) is 0 Å². The van der Waals surface area contributed by atoms with Crippen LogP contribution < -0.4 is 11.5 Å². The Morgan fingerprint density at radius 3 is 2.74 bits per heavy atom. The molecular weight excluding hydrogens is 320 g/mol. The van der Waals surface area contributed by atoms with Crippen molar-refractivity contribution in [2.75, 3.05) is 13.1 Å². The maximum atomic E-state index is 11.3. The van der Waals surface area contributed by atoms with Gasteiger partial charge in [0.15, 0.2) is 0 Å². The quantitative estimate of drug-likeness (QED) is 0.623. The summed E-state index contributed by atoms with van der Waals surface area (Å²) >= 11 is 0. The number of piperidine rings is 1. The minimum Gasteiger partial charge on any atom is -0.366 e. The average molecular weight is 343 g/mol. The maximum absolute atomic E-state index is 11.3. The Kier molecular flexibility index (Phi) is 6.93. The van der Waals surface area contributed by atoms with E-state index in [0.717, 1.165) is 19.4 Å². The Morgan fingerprint density at radius 1 is 1.48 bits per heavy atom. The number of likely N-dealkylation sites (tertiary alicyclic amines) is 1. The molecule has 2 unspecified atom stereocenters. The molecule has 128 valence electrons. The van der Waals surface area contributed by atoms with Gasteiger partial charge >= 0.3 is 0 Å². The lowest BCUT2D eigenvalue weighted by Crippen LogP contribution is -2.48. The van der Waals surface area contributed by atoms with E-state index in [2.05, 4.69) is 11.8 Å². The molecule has 1 amide bonds. The van der Waals surface area contributed by atoms with E-state index in [9.17, 15) is 14.9 Å². The number of halogens is 1. The van der Waals surface area contributed by atoms with Crippen molar-refractivity contribution in [1.29, 1.82) is 0 Å². The molecule has 0 aliphatic carbocycles. The molecule has 4 N–H and O–H groups in total. The third kappa shape index (κ3) is 4.40. The fourth-order valence-corrected chi connectivity index (χ4v) is 3.15. The summed E-state index contributed by atoms with van der Waals surface area (Å²) < 4.78 is 0. The largest absolute Gasteiger partial charge is 0.366 e. The molecule has 1 aromatic carbocycles. The molecule has 2 rings (SSSR count). The number of nitrogens with two attached hydrogens (primary N) is 2. The number of rotatable bonds is 5. The predicted molar refractivity (Wildman–Crippen MR) is 90.5 cm³/mol. The first-order valence-corrected chi connectivity index (χ1v) is 7.45. The molecular formula is C15H23ClN4O3. The summed E-state index contributed by atoms with van der Waals surface area (Å²) in [6.45, 7) is 4.03. The highest BCUT2D eigenvalue weighted by molar-refractivity contribution is 5.93. The Morgan fingerprint density at radius 2 is 2.17 bits per heavy atom. The van der Waals surface area contributed by atoms with Crippen LogP contribution in [0.4, 0.5) is 5.69 Å². The van der Waals surface area contributed by atoms with Gasteiger partial charge < -0.3 is 11.5 Å². The van der Waals surface area contributed by atoms with Crippen LogP contribution in [0.2, 0.25) is 0 Å². The number of hydrogen-bond acceptors (Lipinski definition) is 5. The van der Waals surface area contributed by atoms with Crippen molar-refractivity contribution < 1.29 is 9.72 Å². The number of amides is 1. The molecule has 1 aliphatic heterocycles. The molecule has 2 atom stereocenters. The lowest BCUT2D eigenvalue weighted by Gasteiger charge is -2.39. The monoisotopic (exact) mass is 342 g/mol. The molecule has 1 saturated heterocycles. The predicted octanol–water partition coefficient (Wildman–Crippen LogP) is 1.67. The number of primary amides is 1. The molecule has 0 spiro atoms. The van der Waals surface area contributed by atoms with Gasteiger partial charge in [0.25, 0.3) is 5.69 Å². The maximum Gasteiger partial charge on any atom is 0.274 e. The smallest absolute Gasteiger partial charge is 0.274 e. The van der Waals surface area contributed by atoms with Crippen LogP contribution >= 0.6 is 12.4 Å². The van der Waals surface area contributed by atoms with Crippen LogP contribution in [0.15, 0.2) is 18.2 Å². The average Bonchev–Trinajstić information content (AvgIpc) is 2.47. The summed E-state index contributed by atoms with van der Waals surface area (Å²) in [5.74, 6) is -0.191. The van der Waals surface area contributed by atoms with Gasteiger partial charge in [0.2, 0.25) is 5.91 Å². The number of nitro benzene ring substituents is 1. The van der Waals surface area contributed by atoms with E-state index in [1.54, 1.807) is 6.07 Å². The van der Waals surface area contributed by atoms with E-state index in [1.807, 2.05) is 0 Å². The number of carbonyl (C=O) groups excluding carboxylic acids is 1. The van der Waals surface area contributed by atoms with Gasteiger partial charge in [-0.05, 0) is 31.4 Å². The van der Waals surface area contributed by atoms with Crippen molar-refractivity contribution in [2.45, 2.75) is 32.4 Å². The molecule has 0 saturated carbocycles. The molecule has 0 radical (unpaired) electrons. The van der Waals surface area contributed by atoms with Gasteiger partial charge in [-0.1, -0.05) is 13.0 Å². The van der Waals surface area contributed by atoms with Crippen molar-refractivity contribution in [2.24, 2.45) is 17.4 Å². The lowest BCUT2D eigenvalue weighted by molar-refractivity contribution is -0.385. The normalized spacial score (nSPS) is 21.5. The summed E-state index contributed by atoms with van der Waals surface area (Å²) in [7, 11) is 0. The fourth-order valence-electron chi connectivity index (χ4n) is 3.15. The zero-order chi connectivity index (χ0) is 16.3. The molecule has 0 aromatic heterocycles. The van der Waals surface area contributed by atoms with Crippen molar-refractivity contribution in [1.82, 2.24) is 4.90 Å². The number of nitrogens with zero attached hydrogens (tertiary/aromatic N) is 2. The standard InChI is InChI=1S/C15H22N4O3.ClH/c1-10-3-2-6-18(14(10)8-16)9-12-5-4-11(15(17)20)7-13(12)19(21)22;/h4-5,7,10,14H,2-3,6,8-9,16H2,1H3,(H2,17,20);1H. The Bertz CT molecular complexity index is 582. The SMILES string of the molecule is CC1CCCN(Cc2ccc(C(N)=O)cc2[N+](=O)[O-])C1CN.Cl. The minimum atomic E-state index is -0.666. The summed E-state index contributed by atoms with van der Waals surface area (Å²) in [4.78, 5) is 24.2. The molecule has 1 aromatic rings. The zero-order valence-electron chi connectivity index (χ0n) is 13.1. The van der Waals surface area contributed by atoms with Gasteiger partial charge in [-0.15, -0.1) is 12.4 Å². The lowest BCUT2D eigenvalue weighted by atomic mass is 9.90. The third-order valence-corrected chi connectivity index (χ3v) is 4.41. The molecule has 1 heterocycles. The molecule has 23 heavy (non-hydrogen) atoms. The number of carbonyl (C=O) groups is 1. The molecule has 1 aliphatic rings. The second-order valence-corrected chi connectivity index (χ2v) is 5.86. The van der Waals surface area contributed by atoms with Crippen LogP contribution in [0, 0.1) is 16.0 Å². The van der Waals surface area contributed by atoms with Crippen LogP contribution in [0.3, 0.4) is 0 Å². The first kappa shape index (κ1) is 19.3. The van der Waals surface area contributed by atoms with Crippen molar-refractivity contribution >= 4 is 24.0 Å². The Labute approximate surface area is 141 Å². The Hall–Kier alpha value is -1.70. The molecule has 7 nitrogen and oxygen atoms in total. The van der Waals surface area contributed by atoms with Crippen molar-refractivity contribution in [3.05, 3.63) is 39.4 Å². The fraction of sp³-hybridized carbons (Fsp3) is 0.533. The van der Waals surface area contributed by atoms with Crippen LogP contribution in [0.25, 0.3) is 0 Å². The van der Waals surface area contributed by atoms with Gasteiger partial charge in [-0.3, -0.25) is 19.8 Å². The van der Waals surface area contributed by atoms with Gasteiger partial charge in [-0.2, -0.15) is 0 Å². The highest BCUT2D eigenvalue weighted by atomic mass is 35.5. The summed E-state index contributed by atoms with van der Waals surface area (Å²) in [6, 6.07) is 4.63. The van der Waals surface area contributed by atoms with Crippen molar-refractivity contribution in [3.63, 3.8) is 0 Å². The van der Waals surface area contributed by atoms with E-state index in [4.69, 9.17) is 11.5 Å². The summed E-state index contributed by atoms with van der Waals surface area (Å²) in [5.41, 5.74) is 11.7. The van der Waals surface area contributed by atoms with Gasteiger partial charge in [0.05, 0.1) is 4.92 Å². The second kappa shape index (κ2) is 8.24. The van der Waals surface area contributed by atoms with Gasteiger partial charge in [0.1, 0.15) is 0 Å². The zero-order valence-corrected chi connectivity index (χ0v) is 13.9. The molecule has 1 fully saturated rings. The van der Waals surface area contributed by atoms with Crippen LogP contribution in [0.5, 0.6) is 0 Å². The summed E-state index contributed by atoms with van der Waals surface area (Å²) in [5, 5.41) is 11.3. The topological polar surface area (TPSA) is 115 Å². The van der Waals surface area contributed by atoms with E-state index < -0.39 is 10.8 Å². The van der Waals surface area contributed by atoms with E-state index in [1.165, 1.54) is 12.1 Å². The van der Waals surface area contributed by atoms with E-state index in [0.29, 0.717) is 24.6 Å². The highest BCUT2D eigenvalue weighted by Gasteiger charge is 2.29. The van der Waals surface area contributed by atoms with Crippen molar-refractivity contribution in [3.8, 4) is 0 Å². The minimum absolute atomic E-state index is 0. The molecule has 8 heteroatoms. The number of benzene rings is 1. The second-order valence-electron chi connectivity index (χ2n) is 5.86. The Balaban J connectivity index is 0.00000264. The first-order valence-electron chi connectivity index (χ1n) is 7.45.